The van der Waals surface area contributed by atoms with Gasteiger partial charge in [0, 0.05) is 17.2 Å². The molecule has 2 rings (SSSR count). The number of carbonyl (C=O) groups is 1. The van der Waals surface area contributed by atoms with Crippen LogP contribution in [0.3, 0.4) is 0 Å². The first-order valence-electron chi connectivity index (χ1n) is 7.68. The fourth-order valence-electron chi connectivity index (χ4n) is 2.32. The van der Waals surface area contributed by atoms with Crippen molar-refractivity contribution in [2.45, 2.75) is 33.8 Å². The average Bonchev–Trinajstić information content (AvgIpc) is 2.54. The van der Waals surface area contributed by atoms with E-state index in [0.29, 0.717) is 16.5 Å². The Kier molecular flexibility index (Phi) is 5.64. The molecule has 0 saturated carbocycles. The van der Waals surface area contributed by atoms with Gasteiger partial charge in [0.15, 0.2) is 6.10 Å². The van der Waals surface area contributed by atoms with Gasteiger partial charge in [-0.3, -0.25) is 14.9 Å². The highest BCUT2D eigenvalue weighted by molar-refractivity contribution is 6.32. The zero-order valence-corrected chi connectivity index (χ0v) is 15.2. The number of non-ortho nitro benzene ring substituents is 1. The molecule has 0 fully saturated rings. The standard InChI is InChI=1S/C18H19ClN2O4/c1-10-5-6-14(21(23)24)9-16(10)20-18(22)13(4)25-15-7-11(2)17(19)12(3)8-15/h5-9,13H,1-4H3,(H,20,22)/t13-/m0/s1. The number of ether oxygens (including phenoxy) is 1. The van der Waals surface area contributed by atoms with Crippen LogP contribution in [0.2, 0.25) is 5.02 Å². The Hall–Kier alpha value is -2.60. The minimum Gasteiger partial charge on any atom is -0.481 e. The molecule has 0 aliphatic carbocycles. The second kappa shape index (κ2) is 7.53. The van der Waals surface area contributed by atoms with Crippen LogP contribution < -0.4 is 10.1 Å². The number of halogens is 1. The van der Waals surface area contributed by atoms with Crippen LogP contribution >= 0.6 is 11.6 Å². The van der Waals surface area contributed by atoms with E-state index in [1.165, 1.54) is 12.1 Å². The molecule has 0 saturated heterocycles. The Balaban J connectivity index is 2.13. The molecule has 0 spiro atoms. The number of nitro groups is 1. The van der Waals surface area contributed by atoms with Gasteiger partial charge in [0.2, 0.25) is 0 Å². The Bertz CT molecular complexity index is 813. The third-order valence-corrected chi connectivity index (χ3v) is 4.38. The van der Waals surface area contributed by atoms with Crippen molar-refractivity contribution in [3.05, 3.63) is 62.2 Å². The molecule has 25 heavy (non-hydrogen) atoms. The average molecular weight is 363 g/mol. The second-order valence-corrected chi connectivity index (χ2v) is 6.25. The van der Waals surface area contributed by atoms with Gasteiger partial charge in [-0.25, -0.2) is 0 Å². The van der Waals surface area contributed by atoms with Crippen molar-refractivity contribution in [1.82, 2.24) is 0 Å². The predicted molar refractivity (Wildman–Crippen MR) is 97.5 cm³/mol. The van der Waals surface area contributed by atoms with Crippen molar-refractivity contribution in [1.29, 1.82) is 0 Å². The van der Waals surface area contributed by atoms with Crippen LogP contribution in [-0.2, 0) is 4.79 Å². The molecule has 1 atom stereocenters. The number of hydrogen-bond acceptors (Lipinski definition) is 4. The summed E-state index contributed by atoms with van der Waals surface area (Å²) in [6.45, 7) is 7.09. The normalized spacial score (nSPS) is 11.7. The second-order valence-electron chi connectivity index (χ2n) is 5.88. The van der Waals surface area contributed by atoms with Crippen LogP contribution in [0.4, 0.5) is 11.4 Å². The summed E-state index contributed by atoms with van der Waals surface area (Å²) in [7, 11) is 0. The summed E-state index contributed by atoms with van der Waals surface area (Å²) in [6.07, 6.45) is -0.779. The molecule has 1 amide bonds. The van der Waals surface area contributed by atoms with E-state index in [1.807, 2.05) is 13.8 Å². The first-order chi connectivity index (χ1) is 11.7. The van der Waals surface area contributed by atoms with Crippen molar-refractivity contribution in [3.8, 4) is 5.75 Å². The zero-order valence-electron chi connectivity index (χ0n) is 14.4. The van der Waals surface area contributed by atoms with E-state index in [0.717, 1.165) is 16.7 Å². The number of hydrogen-bond donors (Lipinski definition) is 1. The topological polar surface area (TPSA) is 81.5 Å². The molecule has 6 nitrogen and oxygen atoms in total. The Morgan fingerprint density at radius 2 is 1.76 bits per heavy atom. The van der Waals surface area contributed by atoms with Gasteiger partial charge in [-0.2, -0.15) is 0 Å². The van der Waals surface area contributed by atoms with Gasteiger partial charge in [0.25, 0.3) is 11.6 Å². The van der Waals surface area contributed by atoms with E-state index in [9.17, 15) is 14.9 Å². The van der Waals surface area contributed by atoms with Gasteiger partial charge in [0.1, 0.15) is 5.75 Å². The number of nitro benzene ring substituents is 1. The lowest BCUT2D eigenvalue weighted by atomic mass is 10.1. The first-order valence-corrected chi connectivity index (χ1v) is 8.06. The number of benzene rings is 2. The summed E-state index contributed by atoms with van der Waals surface area (Å²) >= 11 is 6.12. The number of rotatable bonds is 5. The van der Waals surface area contributed by atoms with Crippen LogP contribution in [0, 0.1) is 30.9 Å². The third-order valence-electron chi connectivity index (χ3n) is 3.78. The SMILES string of the molecule is Cc1ccc([N+](=O)[O-])cc1NC(=O)[C@H](C)Oc1cc(C)c(Cl)c(C)c1. The summed E-state index contributed by atoms with van der Waals surface area (Å²) in [5.74, 6) is 0.145. The van der Waals surface area contributed by atoms with Gasteiger partial charge in [-0.1, -0.05) is 17.7 Å². The van der Waals surface area contributed by atoms with Gasteiger partial charge >= 0.3 is 0 Å². The summed E-state index contributed by atoms with van der Waals surface area (Å²) < 4.78 is 5.68. The largest absolute Gasteiger partial charge is 0.481 e. The first kappa shape index (κ1) is 18.7. The predicted octanol–water partition coefficient (Wildman–Crippen LogP) is 4.58. The zero-order chi connectivity index (χ0) is 18.7. The van der Waals surface area contributed by atoms with E-state index in [1.54, 1.807) is 32.0 Å². The van der Waals surface area contributed by atoms with Crippen LogP contribution in [0.5, 0.6) is 5.75 Å². The molecule has 0 aliphatic rings. The fraction of sp³-hybridized carbons (Fsp3) is 0.278. The molecule has 0 aliphatic heterocycles. The molecule has 132 valence electrons. The van der Waals surface area contributed by atoms with Gasteiger partial charge in [-0.05, 0) is 56.5 Å². The molecule has 0 bridgehead atoms. The van der Waals surface area contributed by atoms with Crippen molar-refractivity contribution in [2.24, 2.45) is 0 Å². The van der Waals surface area contributed by atoms with E-state index >= 15 is 0 Å². The van der Waals surface area contributed by atoms with E-state index in [-0.39, 0.29) is 5.69 Å². The number of nitrogens with one attached hydrogen (secondary N) is 1. The van der Waals surface area contributed by atoms with Crippen LogP contribution in [0.15, 0.2) is 30.3 Å². The highest BCUT2D eigenvalue weighted by Crippen LogP contribution is 2.27. The van der Waals surface area contributed by atoms with E-state index in [2.05, 4.69) is 5.32 Å². The molecule has 0 aromatic heterocycles. The number of anilines is 1. The van der Waals surface area contributed by atoms with Crippen LogP contribution in [-0.4, -0.2) is 16.9 Å². The summed E-state index contributed by atoms with van der Waals surface area (Å²) in [4.78, 5) is 22.7. The minimum atomic E-state index is -0.779. The highest BCUT2D eigenvalue weighted by Gasteiger charge is 2.18. The molecule has 0 heterocycles. The molecular formula is C18H19ClN2O4. The van der Waals surface area contributed by atoms with Gasteiger partial charge in [0.05, 0.1) is 10.6 Å². The lowest BCUT2D eigenvalue weighted by Gasteiger charge is -2.17. The molecule has 2 aromatic rings. The smallest absolute Gasteiger partial charge is 0.271 e. The van der Waals surface area contributed by atoms with Crippen LogP contribution in [0.1, 0.15) is 23.6 Å². The molecule has 1 N–H and O–H groups in total. The number of nitrogens with zero attached hydrogens (tertiary/aromatic N) is 1. The van der Waals surface area contributed by atoms with E-state index in [4.69, 9.17) is 16.3 Å². The Morgan fingerprint density at radius 3 is 2.32 bits per heavy atom. The van der Waals surface area contributed by atoms with Gasteiger partial charge < -0.3 is 10.1 Å². The third kappa shape index (κ3) is 4.48. The molecule has 2 aromatic carbocycles. The maximum absolute atomic E-state index is 12.4. The molecule has 0 radical (unpaired) electrons. The molecule has 0 unspecified atom stereocenters. The summed E-state index contributed by atoms with van der Waals surface area (Å²) in [5.41, 5.74) is 2.75. The monoisotopic (exact) mass is 362 g/mol. The van der Waals surface area contributed by atoms with Gasteiger partial charge in [-0.15, -0.1) is 0 Å². The Labute approximate surface area is 150 Å². The Morgan fingerprint density at radius 1 is 1.16 bits per heavy atom. The number of amides is 1. The van der Waals surface area contributed by atoms with Crippen molar-refractivity contribution in [3.63, 3.8) is 0 Å². The van der Waals surface area contributed by atoms with Crippen molar-refractivity contribution in [2.75, 3.05) is 5.32 Å². The summed E-state index contributed by atoms with van der Waals surface area (Å²) in [5, 5.41) is 14.2. The summed E-state index contributed by atoms with van der Waals surface area (Å²) in [6, 6.07) is 7.83. The van der Waals surface area contributed by atoms with Crippen molar-refractivity contribution < 1.29 is 14.5 Å². The lowest BCUT2D eigenvalue weighted by molar-refractivity contribution is -0.384. The minimum absolute atomic E-state index is 0.0848. The highest BCUT2D eigenvalue weighted by atomic mass is 35.5. The maximum atomic E-state index is 12.4. The number of carbonyl (C=O) groups excluding carboxylic acids is 1. The lowest BCUT2D eigenvalue weighted by Crippen LogP contribution is -2.30. The molecule has 7 heteroatoms. The number of aryl methyl sites for hydroxylation is 3. The van der Waals surface area contributed by atoms with Crippen molar-refractivity contribution >= 4 is 28.9 Å². The fourth-order valence-corrected chi connectivity index (χ4v) is 2.43. The molecular weight excluding hydrogens is 344 g/mol. The van der Waals surface area contributed by atoms with Crippen LogP contribution in [0.25, 0.3) is 0 Å². The quantitative estimate of drug-likeness (QED) is 0.623. The maximum Gasteiger partial charge on any atom is 0.271 e. The van der Waals surface area contributed by atoms with E-state index < -0.39 is 16.9 Å².